The van der Waals surface area contributed by atoms with Gasteiger partial charge in [0.1, 0.15) is 18.2 Å². The molecular weight excluding hydrogens is 273 g/mol. The molecule has 0 aliphatic rings. The Kier molecular flexibility index (Phi) is 3.51. The normalized spacial score (nSPS) is 10.1. The molecule has 1 heterocycles. The molecule has 1 aromatic carbocycles. The maximum atomic E-state index is 12.9. The molecule has 2 nitrogen and oxygen atoms in total. The fourth-order valence-electron chi connectivity index (χ4n) is 1.23. The third kappa shape index (κ3) is 2.79. The average Bonchev–Trinajstić information content (AvgIpc) is 2.28. The lowest BCUT2D eigenvalue weighted by Crippen LogP contribution is -1.99. The lowest BCUT2D eigenvalue weighted by atomic mass is 10.3. The van der Waals surface area contributed by atoms with E-state index in [1.54, 1.807) is 18.3 Å². The highest BCUT2D eigenvalue weighted by Gasteiger charge is 2.01. The molecule has 0 saturated heterocycles. The van der Waals surface area contributed by atoms with Crippen LogP contribution in [0.3, 0.4) is 0 Å². The molecular formula is C12H9BrFNO. The summed E-state index contributed by atoms with van der Waals surface area (Å²) in [5, 5.41) is 0. The van der Waals surface area contributed by atoms with Crippen molar-refractivity contribution in [2.45, 2.75) is 6.61 Å². The van der Waals surface area contributed by atoms with Crippen LogP contribution in [0, 0.1) is 5.82 Å². The summed E-state index contributed by atoms with van der Waals surface area (Å²) in [5.74, 6) is 0.190. The van der Waals surface area contributed by atoms with Crippen LogP contribution in [0.5, 0.6) is 5.75 Å². The molecule has 4 heteroatoms. The number of halogens is 2. The Bertz CT molecular complexity index is 490. The molecule has 2 aromatic rings. The van der Waals surface area contributed by atoms with Crippen molar-refractivity contribution in [3.05, 3.63) is 58.6 Å². The van der Waals surface area contributed by atoms with Crippen LogP contribution < -0.4 is 4.74 Å². The summed E-state index contributed by atoms with van der Waals surface area (Å²) >= 11 is 3.37. The molecule has 0 saturated carbocycles. The van der Waals surface area contributed by atoms with E-state index in [2.05, 4.69) is 20.9 Å². The standard InChI is InChI=1S/C12H9BrFNO/c13-11-5-2-6-15-12(11)8-16-10-4-1-3-9(14)7-10/h1-7H,8H2. The topological polar surface area (TPSA) is 22.1 Å². The maximum absolute atomic E-state index is 12.9. The Morgan fingerprint density at radius 2 is 2.12 bits per heavy atom. The number of hydrogen-bond acceptors (Lipinski definition) is 2. The van der Waals surface area contributed by atoms with E-state index >= 15 is 0 Å². The summed E-state index contributed by atoms with van der Waals surface area (Å²) in [7, 11) is 0. The summed E-state index contributed by atoms with van der Waals surface area (Å²) < 4.78 is 19.2. The Hall–Kier alpha value is -1.42. The molecule has 16 heavy (non-hydrogen) atoms. The quantitative estimate of drug-likeness (QED) is 0.858. The Morgan fingerprint density at radius 1 is 1.25 bits per heavy atom. The predicted octanol–water partition coefficient (Wildman–Crippen LogP) is 3.56. The van der Waals surface area contributed by atoms with Gasteiger partial charge in [-0.25, -0.2) is 4.39 Å². The van der Waals surface area contributed by atoms with Gasteiger partial charge in [-0.1, -0.05) is 6.07 Å². The van der Waals surface area contributed by atoms with Crippen LogP contribution in [0.15, 0.2) is 47.1 Å². The van der Waals surface area contributed by atoms with Crippen LogP contribution >= 0.6 is 15.9 Å². The first kappa shape index (κ1) is 11.1. The number of benzene rings is 1. The average molecular weight is 282 g/mol. The number of rotatable bonds is 3. The van der Waals surface area contributed by atoms with Crippen molar-refractivity contribution >= 4 is 15.9 Å². The number of pyridine rings is 1. The zero-order valence-electron chi connectivity index (χ0n) is 8.36. The van der Waals surface area contributed by atoms with Gasteiger partial charge in [-0.05, 0) is 40.2 Å². The Morgan fingerprint density at radius 3 is 2.88 bits per heavy atom. The Balaban J connectivity index is 2.05. The van der Waals surface area contributed by atoms with Crippen LogP contribution in [0.2, 0.25) is 0 Å². The summed E-state index contributed by atoms with van der Waals surface area (Å²) in [6, 6.07) is 9.76. The van der Waals surface area contributed by atoms with Crippen LogP contribution in [0.25, 0.3) is 0 Å². The summed E-state index contributed by atoms with van der Waals surface area (Å²) in [6.07, 6.45) is 1.69. The van der Waals surface area contributed by atoms with Gasteiger partial charge in [0.25, 0.3) is 0 Å². The van der Waals surface area contributed by atoms with Crippen molar-refractivity contribution in [2.24, 2.45) is 0 Å². The van der Waals surface area contributed by atoms with Crippen LogP contribution in [0.4, 0.5) is 4.39 Å². The lowest BCUT2D eigenvalue weighted by Gasteiger charge is -2.06. The molecule has 0 aliphatic heterocycles. The molecule has 0 aliphatic carbocycles. The van der Waals surface area contributed by atoms with Gasteiger partial charge >= 0.3 is 0 Å². The molecule has 0 amide bonds. The summed E-state index contributed by atoms with van der Waals surface area (Å²) in [5.41, 5.74) is 0.784. The first-order valence-electron chi connectivity index (χ1n) is 4.73. The van der Waals surface area contributed by atoms with E-state index in [0.717, 1.165) is 10.2 Å². The van der Waals surface area contributed by atoms with Crippen molar-refractivity contribution in [1.82, 2.24) is 4.98 Å². The highest BCUT2D eigenvalue weighted by molar-refractivity contribution is 9.10. The van der Waals surface area contributed by atoms with E-state index in [4.69, 9.17) is 4.74 Å². The van der Waals surface area contributed by atoms with Gasteiger partial charge in [-0.15, -0.1) is 0 Å². The molecule has 0 unspecified atom stereocenters. The maximum Gasteiger partial charge on any atom is 0.131 e. The monoisotopic (exact) mass is 281 g/mol. The molecule has 0 radical (unpaired) electrons. The van der Waals surface area contributed by atoms with E-state index in [0.29, 0.717) is 12.4 Å². The third-order valence-electron chi connectivity index (χ3n) is 2.01. The van der Waals surface area contributed by atoms with Crippen LogP contribution in [0.1, 0.15) is 5.69 Å². The number of nitrogens with zero attached hydrogens (tertiary/aromatic N) is 1. The zero-order chi connectivity index (χ0) is 11.4. The van der Waals surface area contributed by atoms with Gasteiger partial charge < -0.3 is 4.74 Å². The van der Waals surface area contributed by atoms with Crippen LogP contribution in [-0.2, 0) is 6.61 Å². The SMILES string of the molecule is Fc1cccc(OCc2ncccc2Br)c1. The largest absolute Gasteiger partial charge is 0.487 e. The second kappa shape index (κ2) is 5.07. The Labute approximate surface area is 101 Å². The van der Waals surface area contributed by atoms with Gasteiger partial charge in [0.15, 0.2) is 0 Å². The molecule has 2 rings (SSSR count). The molecule has 1 aromatic heterocycles. The van der Waals surface area contributed by atoms with Gasteiger partial charge in [0.2, 0.25) is 0 Å². The molecule has 82 valence electrons. The highest BCUT2D eigenvalue weighted by Crippen LogP contribution is 2.17. The second-order valence-corrected chi connectivity index (χ2v) is 4.03. The molecule has 0 fully saturated rings. The fourth-order valence-corrected chi connectivity index (χ4v) is 1.60. The molecule has 0 N–H and O–H groups in total. The minimum absolute atomic E-state index is 0.308. The second-order valence-electron chi connectivity index (χ2n) is 3.18. The van der Waals surface area contributed by atoms with Crippen molar-refractivity contribution in [1.29, 1.82) is 0 Å². The smallest absolute Gasteiger partial charge is 0.131 e. The van der Waals surface area contributed by atoms with Crippen LogP contribution in [-0.4, -0.2) is 4.98 Å². The minimum atomic E-state index is -0.308. The fraction of sp³-hybridized carbons (Fsp3) is 0.0833. The van der Waals surface area contributed by atoms with E-state index in [-0.39, 0.29) is 5.82 Å². The van der Waals surface area contributed by atoms with E-state index in [1.807, 2.05) is 12.1 Å². The zero-order valence-corrected chi connectivity index (χ0v) is 9.95. The summed E-state index contributed by atoms with van der Waals surface area (Å²) in [4.78, 5) is 4.15. The number of hydrogen-bond donors (Lipinski definition) is 0. The van der Waals surface area contributed by atoms with Gasteiger partial charge in [0, 0.05) is 16.7 Å². The van der Waals surface area contributed by atoms with E-state index in [9.17, 15) is 4.39 Å². The predicted molar refractivity (Wildman–Crippen MR) is 62.7 cm³/mol. The van der Waals surface area contributed by atoms with E-state index in [1.165, 1.54) is 12.1 Å². The molecule has 0 atom stereocenters. The first-order valence-corrected chi connectivity index (χ1v) is 5.53. The first-order chi connectivity index (χ1) is 7.75. The third-order valence-corrected chi connectivity index (χ3v) is 2.73. The lowest BCUT2D eigenvalue weighted by molar-refractivity contribution is 0.299. The number of aromatic nitrogens is 1. The van der Waals surface area contributed by atoms with Gasteiger partial charge in [-0.3, -0.25) is 4.98 Å². The molecule has 0 spiro atoms. The van der Waals surface area contributed by atoms with Gasteiger partial charge in [-0.2, -0.15) is 0 Å². The van der Waals surface area contributed by atoms with Crippen molar-refractivity contribution in [3.8, 4) is 5.75 Å². The van der Waals surface area contributed by atoms with Crippen molar-refractivity contribution < 1.29 is 9.13 Å². The van der Waals surface area contributed by atoms with Gasteiger partial charge in [0.05, 0.1) is 5.69 Å². The molecule has 0 bridgehead atoms. The summed E-state index contributed by atoms with van der Waals surface area (Å²) in [6.45, 7) is 0.310. The van der Waals surface area contributed by atoms with Crippen molar-refractivity contribution in [2.75, 3.05) is 0 Å². The number of ether oxygens (including phenoxy) is 1. The van der Waals surface area contributed by atoms with E-state index < -0.39 is 0 Å². The minimum Gasteiger partial charge on any atom is -0.487 e. The van der Waals surface area contributed by atoms with Crippen molar-refractivity contribution in [3.63, 3.8) is 0 Å². The highest BCUT2D eigenvalue weighted by atomic mass is 79.9.